The highest BCUT2D eigenvalue weighted by atomic mass is 16.2. The van der Waals surface area contributed by atoms with E-state index in [9.17, 15) is 9.59 Å². The van der Waals surface area contributed by atoms with Crippen LogP contribution in [0.2, 0.25) is 0 Å². The molecule has 1 saturated heterocycles. The number of pyridine rings is 1. The number of carbonyl (C=O) groups excluding carboxylic acids is 2. The molecule has 11 heteroatoms. The number of aromatic amines is 1. The molecule has 2 N–H and O–H groups in total. The number of likely N-dealkylation sites (tertiary alicyclic amines) is 1. The number of hydrogen-bond acceptors (Lipinski definition) is 7. The highest BCUT2D eigenvalue weighted by molar-refractivity contribution is 6.08. The van der Waals surface area contributed by atoms with Crippen molar-refractivity contribution in [3.63, 3.8) is 0 Å². The van der Waals surface area contributed by atoms with Gasteiger partial charge in [-0.15, -0.1) is 15.3 Å². The third-order valence-corrected chi connectivity index (χ3v) is 6.17. The molecule has 2 unspecified atom stereocenters. The predicted octanol–water partition coefficient (Wildman–Crippen LogP) is 1.26. The van der Waals surface area contributed by atoms with Gasteiger partial charge >= 0.3 is 0 Å². The second-order valence-electron chi connectivity index (χ2n) is 7.76. The summed E-state index contributed by atoms with van der Waals surface area (Å²) < 4.78 is 1.50. The molecule has 0 saturated carbocycles. The fourth-order valence-electron chi connectivity index (χ4n) is 4.81. The van der Waals surface area contributed by atoms with Crippen LogP contribution in [-0.4, -0.2) is 58.2 Å². The van der Waals surface area contributed by atoms with E-state index in [2.05, 4.69) is 35.7 Å². The Bertz CT molecular complexity index is 1320. The lowest BCUT2D eigenvalue weighted by molar-refractivity contribution is -0.121. The molecular weight excluding hydrogens is 410 g/mol. The highest BCUT2D eigenvalue weighted by Crippen LogP contribution is 2.54. The van der Waals surface area contributed by atoms with Crippen LogP contribution in [0.1, 0.15) is 34.2 Å². The molecule has 3 aromatic heterocycles. The Hall–Kier alpha value is -4.41. The zero-order valence-corrected chi connectivity index (χ0v) is 16.7. The molecule has 4 aromatic rings. The van der Waals surface area contributed by atoms with Crippen molar-refractivity contribution in [1.82, 2.24) is 39.8 Å². The van der Waals surface area contributed by atoms with E-state index in [1.54, 1.807) is 23.4 Å². The largest absolute Gasteiger partial charge is 0.327 e. The van der Waals surface area contributed by atoms with Gasteiger partial charge in [-0.2, -0.15) is 4.98 Å². The number of para-hydroxylation sites is 1. The van der Waals surface area contributed by atoms with Gasteiger partial charge in [0.05, 0.1) is 6.04 Å². The van der Waals surface area contributed by atoms with E-state index in [1.165, 1.54) is 17.2 Å². The van der Waals surface area contributed by atoms with Gasteiger partial charge in [0.25, 0.3) is 11.9 Å². The highest BCUT2D eigenvalue weighted by Gasteiger charge is 2.59. The van der Waals surface area contributed by atoms with E-state index in [1.807, 2.05) is 30.3 Å². The second kappa shape index (κ2) is 6.80. The standard InChI is InChI=1S/C21H17N9O2/c31-18(17-26-20(28-27-17)29-11-23-24-12-29)30-9-7-21(16(30)13-4-3-8-22-10-13)14-5-1-2-6-15(14)25-19(21)32/h1-6,8,10-12,16H,7,9H2,(H,25,32)(H,26,27,28). The Kier molecular flexibility index (Phi) is 3.90. The van der Waals surface area contributed by atoms with Crippen LogP contribution in [0.4, 0.5) is 5.69 Å². The first-order chi connectivity index (χ1) is 15.7. The average Bonchev–Trinajstić information content (AvgIpc) is 3.62. The minimum atomic E-state index is -0.910. The van der Waals surface area contributed by atoms with Crippen LogP contribution in [0.15, 0.2) is 61.4 Å². The maximum Gasteiger partial charge on any atom is 0.291 e. The topological polar surface area (TPSA) is 135 Å². The number of anilines is 1. The van der Waals surface area contributed by atoms with Crippen LogP contribution in [0.25, 0.3) is 5.95 Å². The van der Waals surface area contributed by atoms with Crippen molar-refractivity contribution >= 4 is 17.5 Å². The summed E-state index contributed by atoms with van der Waals surface area (Å²) in [5.74, 6) is -0.134. The molecule has 5 heterocycles. The summed E-state index contributed by atoms with van der Waals surface area (Å²) in [4.78, 5) is 37.2. The number of carbonyl (C=O) groups is 2. The summed E-state index contributed by atoms with van der Waals surface area (Å²) in [5.41, 5.74) is 1.53. The molecular formula is C21H17N9O2. The molecule has 0 radical (unpaired) electrons. The Balaban J connectivity index is 1.45. The molecule has 2 aliphatic rings. The molecule has 1 spiro atoms. The summed E-state index contributed by atoms with van der Waals surface area (Å²) in [6.45, 7) is 0.378. The number of fused-ring (bicyclic) bond motifs is 2. The van der Waals surface area contributed by atoms with Gasteiger partial charge in [-0.1, -0.05) is 24.3 Å². The van der Waals surface area contributed by atoms with Crippen molar-refractivity contribution in [2.75, 3.05) is 11.9 Å². The van der Waals surface area contributed by atoms with E-state index in [-0.39, 0.29) is 23.6 Å². The summed E-state index contributed by atoms with van der Waals surface area (Å²) >= 11 is 0. The van der Waals surface area contributed by atoms with Gasteiger partial charge in [-0.25, -0.2) is 0 Å². The average molecular weight is 427 g/mol. The SMILES string of the molecule is O=C(c1nc(-n2cnnc2)n[nH]1)N1CCC2(C(=O)Nc3ccccc32)C1c1cccnc1. The number of H-pyrrole nitrogens is 1. The Labute approximate surface area is 181 Å². The number of aromatic nitrogens is 7. The van der Waals surface area contributed by atoms with Gasteiger partial charge in [0.2, 0.25) is 11.7 Å². The number of nitrogens with one attached hydrogen (secondary N) is 2. The summed E-state index contributed by atoms with van der Waals surface area (Å²) in [7, 11) is 0. The Morgan fingerprint density at radius 2 is 1.97 bits per heavy atom. The van der Waals surface area contributed by atoms with Crippen molar-refractivity contribution in [2.45, 2.75) is 17.9 Å². The lowest BCUT2D eigenvalue weighted by atomic mass is 9.73. The first-order valence-electron chi connectivity index (χ1n) is 10.1. The molecule has 6 rings (SSSR count). The van der Waals surface area contributed by atoms with Crippen LogP contribution in [0.5, 0.6) is 0 Å². The van der Waals surface area contributed by atoms with Crippen LogP contribution in [0.3, 0.4) is 0 Å². The number of rotatable bonds is 3. The molecule has 32 heavy (non-hydrogen) atoms. The fourth-order valence-corrected chi connectivity index (χ4v) is 4.81. The van der Waals surface area contributed by atoms with Crippen LogP contribution in [-0.2, 0) is 10.2 Å². The first-order valence-corrected chi connectivity index (χ1v) is 10.1. The minimum Gasteiger partial charge on any atom is -0.327 e. The first kappa shape index (κ1) is 18.4. The quantitative estimate of drug-likeness (QED) is 0.502. The molecule has 0 bridgehead atoms. The van der Waals surface area contributed by atoms with Crippen molar-refractivity contribution < 1.29 is 9.59 Å². The number of hydrogen-bond donors (Lipinski definition) is 2. The molecule has 2 aliphatic heterocycles. The van der Waals surface area contributed by atoms with Gasteiger partial charge in [0.15, 0.2) is 0 Å². The molecule has 0 aliphatic carbocycles. The third kappa shape index (κ3) is 2.51. The van der Waals surface area contributed by atoms with Crippen LogP contribution in [0, 0.1) is 0 Å². The molecule has 2 atom stereocenters. The van der Waals surface area contributed by atoms with Gasteiger partial charge in [0.1, 0.15) is 18.1 Å². The third-order valence-electron chi connectivity index (χ3n) is 6.17. The maximum atomic E-state index is 13.6. The van der Waals surface area contributed by atoms with Crippen LogP contribution < -0.4 is 5.32 Å². The van der Waals surface area contributed by atoms with E-state index in [4.69, 9.17) is 0 Å². The van der Waals surface area contributed by atoms with Crippen molar-refractivity contribution in [3.8, 4) is 5.95 Å². The Morgan fingerprint density at radius 3 is 2.78 bits per heavy atom. The lowest BCUT2D eigenvalue weighted by Gasteiger charge is -2.33. The van der Waals surface area contributed by atoms with Crippen molar-refractivity contribution in [1.29, 1.82) is 0 Å². The van der Waals surface area contributed by atoms with E-state index < -0.39 is 11.5 Å². The number of benzene rings is 1. The molecule has 1 aromatic carbocycles. The maximum absolute atomic E-state index is 13.6. The summed E-state index contributed by atoms with van der Waals surface area (Å²) in [6, 6.07) is 10.8. The molecule has 1 fully saturated rings. The fraction of sp³-hybridized carbons (Fsp3) is 0.190. The summed E-state index contributed by atoms with van der Waals surface area (Å²) in [6.07, 6.45) is 6.74. The Morgan fingerprint density at radius 1 is 1.12 bits per heavy atom. The van der Waals surface area contributed by atoms with Crippen LogP contribution >= 0.6 is 0 Å². The summed E-state index contributed by atoms with van der Waals surface area (Å²) in [5, 5.41) is 17.3. The normalized spacial score (nSPS) is 21.7. The smallest absolute Gasteiger partial charge is 0.291 e. The predicted molar refractivity (Wildman–Crippen MR) is 111 cm³/mol. The van der Waals surface area contributed by atoms with Gasteiger partial charge in [-0.3, -0.25) is 24.2 Å². The molecule has 158 valence electrons. The number of nitrogens with zero attached hydrogens (tertiary/aromatic N) is 7. The van der Waals surface area contributed by atoms with Gasteiger partial charge < -0.3 is 10.2 Å². The van der Waals surface area contributed by atoms with Crippen molar-refractivity contribution in [3.05, 3.63) is 78.4 Å². The monoisotopic (exact) mass is 427 g/mol. The van der Waals surface area contributed by atoms with Crippen molar-refractivity contribution in [2.24, 2.45) is 0 Å². The van der Waals surface area contributed by atoms with E-state index in [0.29, 0.717) is 13.0 Å². The number of amides is 2. The van der Waals surface area contributed by atoms with E-state index in [0.717, 1.165) is 16.8 Å². The van der Waals surface area contributed by atoms with E-state index >= 15 is 0 Å². The zero-order valence-electron chi connectivity index (χ0n) is 16.7. The van der Waals surface area contributed by atoms with Gasteiger partial charge in [0, 0.05) is 24.6 Å². The zero-order chi connectivity index (χ0) is 21.7. The molecule has 11 nitrogen and oxygen atoms in total. The van der Waals surface area contributed by atoms with Gasteiger partial charge in [-0.05, 0) is 29.7 Å². The second-order valence-corrected chi connectivity index (χ2v) is 7.76. The molecule has 2 amide bonds. The minimum absolute atomic E-state index is 0.0753. The lowest BCUT2D eigenvalue weighted by Crippen LogP contribution is -2.43.